The first-order valence-electron chi connectivity index (χ1n) is 9.72. The first kappa shape index (κ1) is 18.4. The lowest BCUT2D eigenvalue weighted by molar-refractivity contribution is -0.217. The van der Waals surface area contributed by atoms with Crippen molar-refractivity contribution in [2.24, 2.45) is 11.3 Å². The number of fused-ring (bicyclic) bond motifs is 4. The smallest absolute Gasteiger partial charge is 0.213 e. The third-order valence-corrected chi connectivity index (χ3v) is 6.04. The second-order valence-electron chi connectivity index (χ2n) is 8.98. The van der Waals surface area contributed by atoms with E-state index in [1.54, 1.807) is 19.2 Å². The number of rotatable bonds is 4. The van der Waals surface area contributed by atoms with Crippen LogP contribution < -0.4 is 10.1 Å². The number of pyridine rings is 2. The summed E-state index contributed by atoms with van der Waals surface area (Å²) in [4.78, 5) is 8.54. The highest BCUT2D eigenvalue weighted by atomic mass is 19.1. The SMILES string of the molecule is COc1ccc2ncc(F)c(NCC34CCC(CC3)C(C(C)(C)C)O4)c2n1. The molecule has 1 unspecified atom stereocenters. The average molecular weight is 373 g/mol. The Kier molecular flexibility index (Phi) is 4.49. The normalized spacial score (nSPS) is 27.7. The molecule has 0 spiro atoms. The van der Waals surface area contributed by atoms with E-state index in [1.165, 1.54) is 19.0 Å². The highest BCUT2D eigenvalue weighted by Gasteiger charge is 2.50. The van der Waals surface area contributed by atoms with Crippen LogP contribution in [-0.2, 0) is 4.74 Å². The van der Waals surface area contributed by atoms with Crippen LogP contribution in [-0.4, -0.2) is 35.3 Å². The molecule has 1 saturated carbocycles. The molecular formula is C21H28FN3O2. The van der Waals surface area contributed by atoms with Gasteiger partial charge in [-0.05, 0) is 43.1 Å². The maximum atomic E-state index is 14.6. The number of methoxy groups -OCH3 is 1. The maximum Gasteiger partial charge on any atom is 0.213 e. The van der Waals surface area contributed by atoms with Gasteiger partial charge in [0.2, 0.25) is 5.88 Å². The van der Waals surface area contributed by atoms with Crippen LogP contribution in [0.3, 0.4) is 0 Å². The van der Waals surface area contributed by atoms with E-state index >= 15 is 0 Å². The molecule has 5 nitrogen and oxygen atoms in total. The molecule has 1 aliphatic carbocycles. The summed E-state index contributed by atoms with van der Waals surface area (Å²) in [7, 11) is 1.55. The Bertz CT molecular complexity index is 841. The minimum absolute atomic E-state index is 0.111. The Morgan fingerprint density at radius 1 is 1.30 bits per heavy atom. The Morgan fingerprint density at radius 3 is 2.70 bits per heavy atom. The van der Waals surface area contributed by atoms with Gasteiger partial charge in [0.15, 0.2) is 5.82 Å². The topological polar surface area (TPSA) is 56.3 Å². The summed E-state index contributed by atoms with van der Waals surface area (Å²) in [5, 5.41) is 3.31. The second kappa shape index (κ2) is 6.59. The largest absolute Gasteiger partial charge is 0.481 e. The number of hydrogen-bond acceptors (Lipinski definition) is 5. The van der Waals surface area contributed by atoms with Gasteiger partial charge in [0.25, 0.3) is 0 Å². The van der Waals surface area contributed by atoms with Gasteiger partial charge < -0.3 is 14.8 Å². The first-order valence-corrected chi connectivity index (χ1v) is 9.72. The molecule has 6 heteroatoms. The Labute approximate surface area is 159 Å². The standard InChI is InChI=1S/C21H28FN3O2/c1-20(2,3)19-13-7-9-21(27-19,10-8-13)12-24-17-14(22)11-23-15-5-6-16(26-4)25-18(15)17/h5-6,11,13,19H,7-10,12H2,1-4H3,(H,23,24). The number of hydrogen-bond donors (Lipinski definition) is 1. The summed E-state index contributed by atoms with van der Waals surface area (Å²) in [6, 6.07) is 3.52. The van der Waals surface area contributed by atoms with Crippen molar-refractivity contribution in [1.82, 2.24) is 9.97 Å². The molecule has 2 aromatic heterocycles. The predicted octanol–water partition coefficient (Wildman–Crippen LogP) is 4.56. The predicted molar refractivity (Wildman–Crippen MR) is 104 cm³/mol. The zero-order valence-corrected chi connectivity index (χ0v) is 16.5. The fourth-order valence-electron chi connectivity index (χ4n) is 4.61. The molecule has 27 heavy (non-hydrogen) atoms. The van der Waals surface area contributed by atoms with Crippen LogP contribution >= 0.6 is 0 Å². The molecule has 0 radical (unpaired) electrons. The molecule has 1 N–H and O–H groups in total. The van der Waals surface area contributed by atoms with Gasteiger partial charge in [0.05, 0.1) is 30.5 Å². The molecule has 3 aliphatic rings. The summed E-state index contributed by atoms with van der Waals surface area (Å²) in [6.45, 7) is 7.30. The van der Waals surface area contributed by atoms with Crippen molar-refractivity contribution in [3.8, 4) is 5.88 Å². The van der Waals surface area contributed by atoms with Crippen LogP contribution in [0.1, 0.15) is 46.5 Å². The minimum Gasteiger partial charge on any atom is -0.481 e. The monoisotopic (exact) mass is 373 g/mol. The minimum atomic E-state index is -0.406. The van der Waals surface area contributed by atoms with Gasteiger partial charge in [0, 0.05) is 12.6 Å². The molecule has 3 fully saturated rings. The molecule has 1 atom stereocenters. The van der Waals surface area contributed by atoms with E-state index in [0.29, 0.717) is 35.1 Å². The van der Waals surface area contributed by atoms with Crippen molar-refractivity contribution in [2.75, 3.05) is 19.0 Å². The maximum absolute atomic E-state index is 14.6. The molecule has 0 amide bonds. The lowest BCUT2D eigenvalue weighted by Gasteiger charge is -2.54. The van der Waals surface area contributed by atoms with Gasteiger partial charge in [-0.15, -0.1) is 0 Å². The summed E-state index contributed by atoms with van der Waals surface area (Å²) < 4.78 is 26.4. The number of ether oxygens (including phenoxy) is 2. The Morgan fingerprint density at radius 2 is 2.04 bits per heavy atom. The third-order valence-electron chi connectivity index (χ3n) is 6.04. The van der Waals surface area contributed by atoms with Gasteiger partial charge in [-0.1, -0.05) is 20.8 Å². The van der Waals surface area contributed by atoms with E-state index in [2.05, 4.69) is 36.1 Å². The Balaban J connectivity index is 1.61. The highest BCUT2D eigenvalue weighted by Crippen LogP contribution is 2.49. The van der Waals surface area contributed by atoms with Crippen molar-refractivity contribution >= 4 is 16.7 Å². The fraction of sp³-hybridized carbons (Fsp3) is 0.619. The quantitative estimate of drug-likeness (QED) is 0.851. The van der Waals surface area contributed by atoms with E-state index in [0.717, 1.165) is 12.8 Å². The van der Waals surface area contributed by atoms with Gasteiger partial charge in [-0.25, -0.2) is 9.37 Å². The van der Waals surface area contributed by atoms with Crippen molar-refractivity contribution in [2.45, 2.75) is 58.2 Å². The molecule has 2 aromatic rings. The number of nitrogens with zero attached hydrogens (tertiary/aromatic N) is 2. The molecule has 2 saturated heterocycles. The van der Waals surface area contributed by atoms with E-state index in [1.807, 2.05) is 0 Å². The van der Waals surface area contributed by atoms with Crippen molar-refractivity contribution in [1.29, 1.82) is 0 Å². The molecule has 2 bridgehead atoms. The number of anilines is 1. The van der Waals surface area contributed by atoms with Crippen LogP contribution in [0.25, 0.3) is 11.0 Å². The number of aromatic nitrogens is 2. The van der Waals surface area contributed by atoms with Crippen molar-refractivity contribution in [3.05, 3.63) is 24.1 Å². The Hall–Kier alpha value is -1.95. The molecule has 5 rings (SSSR count). The van der Waals surface area contributed by atoms with Gasteiger partial charge in [-0.2, -0.15) is 0 Å². The van der Waals surface area contributed by atoms with E-state index in [4.69, 9.17) is 9.47 Å². The van der Waals surface area contributed by atoms with Gasteiger partial charge in [0.1, 0.15) is 11.2 Å². The zero-order chi connectivity index (χ0) is 19.2. The van der Waals surface area contributed by atoms with E-state index in [-0.39, 0.29) is 17.1 Å². The molecule has 146 valence electrons. The highest BCUT2D eigenvalue weighted by molar-refractivity contribution is 5.88. The van der Waals surface area contributed by atoms with Gasteiger partial charge in [-0.3, -0.25) is 4.98 Å². The zero-order valence-electron chi connectivity index (χ0n) is 16.5. The lowest BCUT2D eigenvalue weighted by atomic mass is 9.67. The fourth-order valence-corrected chi connectivity index (χ4v) is 4.61. The summed E-state index contributed by atoms with van der Waals surface area (Å²) in [5.41, 5.74) is 1.37. The van der Waals surface area contributed by atoms with Crippen molar-refractivity contribution in [3.63, 3.8) is 0 Å². The lowest BCUT2D eigenvalue weighted by Crippen LogP contribution is -2.57. The van der Waals surface area contributed by atoms with Crippen molar-refractivity contribution < 1.29 is 13.9 Å². The van der Waals surface area contributed by atoms with Crippen LogP contribution in [0, 0.1) is 17.2 Å². The third kappa shape index (κ3) is 3.35. The van der Waals surface area contributed by atoms with Crippen LogP contribution in [0.4, 0.5) is 10.1 Å². The van der Waals surface area contributed by atoms with Gasteiger partial charge >= 0.3 is 0 Å². The van der Waals surface area contributed by atoms with Crippen LogP contribution in [0.2, 0.25) is 0 Å². The summed E-state index contributed by atoms with van der Waals surface area (Å²) >= 11 is 0. The van der Waals surface area contributed by atoms with Crippen LogP contribution in [0.5, 0.6) is 5.88 Å². The van der Waals surface area contributed by atoms with E-state index < -0.39 is 5.82 Å². The summed E-state index contributed by atoms with van der Waals surface area (Å²) in [5.74, 6) is 0.672. The number of halogens is 1. The first-order chi connectivity index (χ1) is 12.8. The molecular weight excluding hydrogens is 345 g/mol. The van der Waals surface area contributed by atoms with E-state index in [9.17, 15) is 4.39 Å². The summed E-state index contributed by atoms with van der Waals surface area (Å²) in [6.07, 6.45) is 5.87. The molecule has 2 aliphatic heterocycles. The average Bonchev–Trinajstić information content (AvgIpc) is 2.67. The molecule has 4 heterocycles. The number of nitrogens with one attached hydrogen (secondary N) is 1. The second-order valence-corrected chi connectivity index (χ2v) is 8.98. The van der Waals surface area contributed by atoms with Crippen LogP contribution in [0.15, 0.2) is 18.3 Å². The molecule has 0 aromatic carbocycles.